The van der Waals surface area contributed by atoms with Crippen molar-refractivity contribution in [1.82, 2.24) is 9.55 Å². The predicted molar refractivity (Wildman–Crippen MR) is 38.7 cm³/mol. The van der Waals surface area contributed by atoms with Crippen LogP contribution in [0.25, 0.3) is 0 Å². The molecule has 4 heteroatoms. The average Bonchev–Trinajstić information content (AvgIpc) is 2.35. The number of hydrogen-bond acceptors (Lipinski definition) is 3. The molecule has 1 rings (SSSR count). The highest BCUT2D eigenvalue weighted by Crippen LogP contribution is 2.05. The molecule has 0 saturated heterocycles. The molecule has 1 atom stereocenters. The van der Waals surface area contributed by atoms with Gasteiger partial charge in [0.2, 0.25) is 0 Å². The molecule has 0 aliphatic heterocycles. The van der Waals surface area contributed by atoms with Crippen LogP contribution in [0.3, 0.4) is 0 Å². The molecule has 1 aromatic rings. The second kappa shape index (κ2) is 3.18. The molecule has 0 N–H and O–H groups in total. The predicted octanol–water partition coefficient (Wildman–Crippen LogP) is 0.965. The van der Waals surface area contributed by atoms with Gasteiger partial charge in [-0.15, -0.1) is 0 Å². The van der Waals surface area contributed by atoms with E-state index in [0.29, 0.717) is 0 Å². The lowest BCUT2D eigenvalue weighted by Crippen LogP contribution is -2.10. The van der Waals surface area contributed by atoms with Gasteiger partial charge in [0.25, 0.3) is 0 Å². The van der Waals surface area contributed by atoms with Crippen molar-refractivity contribution in [3.05, 3.63) is 18.7 Å². The fourth-order valence-electron chi connectivity index (χ4n) is 0.786. The zero-order valence-corrected chi connectivity index (χ0v) is 6.52. The van der Waals surface area contributed by atoms with E-state index in [4.69, 9.17) is 4.74 Å². The van der Waals surface area contributed by atoms with Gasteiger partial charge < -0.3 is 9.30 Å². The summed E-state index contributed by atoms with van der Waals surface area (Å²) < 4.78 is 6.59. The van der Waals surface area contributed by atoms with E-state index in [1.807, 2.05) is 0 Å². The molecule has 0 amide bonds. The molecule has 0 saturated carbocycles. The molecular formula is C7H10N2O2. The Balaban J connectivity index is 2.56. The van der Waals surface area contributed by atoms with Crippen molar-refractivity contribution in [1.29, 1.82) is 0 Å². The number of rotatable bonds is 2. The van der Waals surface area contributed by atoms with Gasteiger partial charge in [-0.25, -0.2) is 4.98 Å². The summed E-state index contributed by atoms with van der Waals surface area (Å²) in [4.78, 5) is 14.3. The Bertz CT molecular complexity index is 231. The quantitative estimate of drug-likeness (QED) is 0.596. The van der Waals surface area contributed by atoms with Gasteiger partial charge in [-0.2, -0.15) is 0 Å². The molecule has 11 heavy (non-hydrogen) atoms. The first-order chi connectivity index (χ1) is 5.20. The largest absolute Gasteiger partial charge is 0.442 e. The molecule has 1 heterocycles. The summed E-state index contributed by atoms with van der Waals surface area (Å²) in [6, 6.07) is 0. The Kier molecular flexibility index (Phi) is 2.25. The molecule has 0 aliphatic rings. The number of carbonyl (C=O) groups excluding carboxylic acids is 1. The van der Waals surface area contributed by atoms with Crippen LogP contribution < -0.4 is 0 Å². The van der Waals surface area contributed by atoms with E-state index in [1.54, 1.807) is 30.2 Å². The van der Waals surface area contributed by atoms with Crippen LogP contribution in [0.5, 0.6) is 0 Å². The Labute approximate surface area is 64.8 Å². The lowest BCUT2D eigenvalue weighted by molar-refractivity contribution is -0.149. The molecule has 0 radical (unpaired) electrons. The van der Waals surface area contributed by atoms with Gasteiger partial charge in [0.1, 0.15) is 0 Å². The first-order valence-electron chi connectivity index (χ1n) is 3.35. The van der Waals surface area contributed by atoms with Gasteiger partial charge in [-0.3, -0.25) is 4.79 Å². The maximum absolute atomic E-state index is 10.5. The zero-order chi connectivity index (χ0) is 8.27. The Morgan fingerprint density at radius 1 is 1.73 bits per heavy atom. The smallest absolute Gasteiger partial charge is 0.304 e. The van der Waals surface area contributed by atoms with Crippen LogP contribution in [0.4, 0.5) is 0 Å². The number of aromatic nitrogens is 2. The summed E-state index contributed by atoms with van der Waals surface area (Å²) in [5, 5.41) is 0. The maximum atomic E-state index is 10.5. The molecule has 0 spiro atoms. The van der Waals surface area contributed by atoms with E-state index >= 15 is 0 Å². The topological polar surface area (TPSA) is 44.1 Å². The molecule has 0 aromatic carbocycles. The zero-order valence-electron chi connectivity index (χ0n) is 6.52. The maximum Gasteiger partial charge on any atom is 0.304 e. The van der Waals surface area contributed by atoms with Gasteiger partial charge in [-0.05, 0) is 6.92 Å². The number of imidazole rings is 1. The van der Waals surface area contributed by atoms with Gasteiger partial charge in [0, 0.05) is 19.3 Å². The van der Waals surface area contributed by atoms with Crippen LogP contribution in [0.15, 0.2) is 18.7 Å². The number of ether oxygens (including phenoxy) is 1. The molecule has 1 aromatic heterocycles. The fraction of sp³-hybridized carbons (Fsp3) is 0.429. The van der Waals surface area contributed by atoms with Gasteiger partial charge >= 0.3 is 5.97 Å². The second-order valence-electron chi connectivity index (χ2n) is 2.22. The van der Waals surface area contributed by atoms with E-state index in [1.165, 1.54) is 6.92 Å². The number of esters is 1. The van der Waals surface area contributed by atoms with Crippen LogP contribution >= 0.6 is 0 Å². The van der Waals surface area contributed by atoms with Crippen molar-refractivity contribution < 1.29 is 9.53 Å². The first-order valence-corrected chi connectivity index (χ1v) is 3.35. The minimum absolute atomic E-state index is 0.269. The Hall–Kier alpha value is -1.32. The Morgan fingerprint density at radius 3 is 2.91 bits per heavy atom. The van der Waals surface area contributed by atoms with Crippen LogP contribution in [0, 0.1) is 0 Å². The second-order valence-corrected chi connectivity index (χ2v) is 2.22. The van der Waals surface area contributed by atoms with E-state index in [9.17, 15) is 4.79 Å². The number of nitrogens with zero attached hydrogens (tertiary/aromatic N) is 2. The Morgan fingerprint density at radius 2 is 2.45 bits per heavy atom. The lowest BCUT2D eigenvalue weighted by Gasteiger charge is -2.11. The monoisotopic (exact) mass is 154 g/mol. The lowest BCUT2D eigenvalue weighted by atomic mass is 10.6. The van der Waals surface area contributed by atoms with E-state index in [2.05, 4.69) is 4.98 Å². The number of carbonyl (C=O) groups is 1. The number of hydrogen-bond donors (Lipinski definition) is 0. The minimum Gasteiger partial charge on any atom is -0.442 e. The van der Waals surface area contributed by atoms with E-state index in [-0.39, 0.29) is 12.2 Å². The summed E-state index contributed by atoms with van der Waals surface area (Å²) in [6.45, 7) is 3.16. The van der Waals surface area contributed by atoms with Crippen LogP contribution in [0.2, 0.25) is 0 Å². The van der Waals surface area contributed by atoms with Gasteiger partial charge in [0.15, 0.2) is 6.23 Å². The minimum atomic E-state index is -0.286. The normalized spacial score (nSPS) is 12.5. The fourth-order valence-corrected chi connectivity index (χ4v) is 0.786. The van der Waals surface area contributed by atoms with Crippen molar-refractivity contribution >= 4 is 5.97 Å². The third-order valence-electron chi connectivity index (χ3n) is 1.28. The van der Waals surface area contributed by atoms with Crippen molar-refractivity contribution in [3.8, 4) is 0 Å². The first kappa shape index (κ1) is 7.78. The van der Waals surface area contributed by atoms with Crippen LogP contribution in [-0.4, -0.2) is 15.5 Å². The summed E-state index contributed by atoms with van der Waals surface area (Å²) in [7, 11) is 0. The van der Waals surface area contributed by atoms with E-state index in [0.717, 1.165) is 0 Å². The van der Waals surface area contributed by atoms with Crippen molar-refractivity contribution in [2.45, 2.75) is 20.1 Å². The van der Waals surface area contributed by atoms with Crippen molar-refractivity contribution in [2.24, 2.45) is 0 Å². The van der Waals surface area contributed by atoms with E-state index < -0.39 is 0 Å². The molecule has 0 fully saturated rings. The molecule has 4 nitrogen and oxygen atoms in total. The standard InChI is InChI=1S/C7H10N2O2/c1-6(11-7(2)10)9-4-3-8-5-9/h3-6H,1-2H3/t6-/m0/s1. The SMILES string of the molecule is CC(=O)O[C@@H](C)n1ccnc1. The highest BCUT2D eigenvalue weighted by atomic mass is 16.6. The molecule has 0 bridgehead atoms. The molecular weight excluding hydrogens is 144 g/mol. The summed E-state index contributed by atoms with van der Waals surface area (Å²) in [5.41, 5.74) is 0. The summed E-state index contributed by atoms with van der Waals surface area (Å²) in [5.74, 6) is -0.286. The highest BCUT2D eigenvalue weighted by Gasteiger charge is 2.04. The average molecular weight is 154 g/mol. The molecule has 0 unspecified atom stereocenters. The third-order valence-corrected chi connectivity index (χ3v) is 1.28. The van der Waals surface area contributed by atoms with Gasteiger partial charge in [-0.1, -0.05) is 0 Å². The molecule has 0 aliphatic carbocycles. The van der Waals surface area contributed by atoms with Crippen molar-refractivity contribution in [3.63, 3.8) is 0 Å². The van der Waals surface area contributed by atoms with Crippen molar-refractivity contribution in [2.75, 3.05) is 0 Å². The van der Waals surface area contributed by atoms with Crippen LogP contribution in [-0.2, 0) is 9.53 Å². The summed E-state index contributed by atoms with van der Waals surface area (Å²) >= 11 is 0. The highest BCUT2D eigenvalue weighted by molar-refractivity contribution is 5.65. The van der Waals surface area contributed by atoms with Gasteiger partial charge in [0.05, 0.1) is 6.33 Å². The summed E-state index contributed by atoms with van der Waals surface area (Å²) in [6.07, 6.45) is 4.72. The molecule has 60 valence electrons. The third kappa shape index (κ3) is 2.07. The van der Waals surface area contributed by atoms with Crippen LogP contribution in [0.1, 0.15) is 20.1 Å².